The van der Waals surface area contributed by atoms with Crippen LogP contribution in [0.2, 0.25) is 0 Å². The first-order valence-corrected chi connectivity index (χ1v) is 8.21. The van der Waals surface area contributed by atoms with E-state index in [1.807, 2.05) is 30.3 Å². The van der Waals surface area contributed by atoms with E-state index in [9.17, 15) is 14.4 Å². The molecule has 2 aliphatic rings. The van der Waals surface area contributed by atoms with E-state index in [0.29, 0.717) is 38.9 Å². The molecule has 2 fully saturated rings. The zero-order valence-electron chi connectivity index (χ0n) is 13.4. The fraction of sp³-hybridized carbons (Fsp3) is 0.471. The lowest BCUT2D eigenvalue weighted by molar-refractivity contribution is -0.143. The van der Waals surface area contributed by atoms with E-state index in [-0.39, 0.29) is 17.9 Å². The summed E-state index contributed by atoms with van der Waals surface area (Å²) in [6.07, 6.45) is 1.49. The van der Waals surface area contributed by atoms with Crippen LogP contribution in [0.15, 0.2) is 30.3 Å². The number of nitrogens with one attached hydrogen (secondary N) is 1. The fourth-order valence-corrected chi connectivity index (χ4v) is 3.25. The molecule has 2 N–H and O–H groups in total. The molecule has 24 heavy (non-hydrogen) atoms. The molecule has 2 heterocycles. The Morgan fingerprint density at radius 1 is 1.04 bits per heavy atom. The van der Waals surface area contributed by atoms with Crippen molar-refractivity contribution in [1.82, 2.24) is 10.2 Å². The van der Waals surface area contributed by atoms with Crippen molar-refractivity contribution in [2.75, 3.05) is 24.5 Å². The summed E-state index contributed by atoms with van der Waals surface area (Å²) in [4.78, 5) is 39.0. The van der Waals surface area contributed by atoms with Gasteiger partial charge in [0.15, 0.2) is 0 Å². The van der Waals surface area contributed by atoms with Crippen molar-refractivity contribution >= 4 is 23.6 Å². The van der Waals surface area contributed by atoms with Gasteiger partial charge in [-0.1, -0.05) is 18.2 Å². The van der Waals surface area contributed by atoms with Gasteiger partial charge < -0.3 is 20.2 Å². The second-order valence-corrected chi connectivity index (χ2v) is 6.22. The first-order valence-electron chi connectivity index (χ1n) is 8.21. The van der Waals surface area contributed by atoms with E-state index in [4.69, 9.17) is 5.11 Å². The Balaban J connectivity index is 1.54. The maximum atomic E-state index is 12.5. The molecule has 2 saturated heterocycles. The van der Waals surface area contributed by atoms with Gasteiger partial charge in [-0.2, -0.15) is 0 Å². The lowest BCUT2D eigenvalue weighted by Crippen LogP contribution is -2.50. The van der Waals surface area contributed by atoms with Crippen molar-refractivity contribution < 1.29 is 19.5 Å². The maximum absolute atomic E-state index is 12.5. The monoisotopic (exact) mass is 331 g/mol. The van der Waals surface area contributed by atoms with Crippen LogP contribution < -0.4 is 10.2 Å². The Morgan fingerprint density at radius 2 is 1.71 bits per heavy atom. The third kappa shape index (κ3) is 3.34. The first-order chi connectivity index (χ1) is 11.6. The molecule has 1 aromatic rings. The Morgan fingerprint density at radius 3 is 2.33 bits per heavy atom. The van der Waals surface area contributed by atoms with Crippen molar-refractivity contribution in [2.45, 2.75) is 25.3 Å². The van der Waals surface area contributed by atoms with Crippen LogP contribution in [0.1, 0.15) is 19.3 Å². The van der Waals surface area contributed by atoms with Crippen molar-refractivity contribution in [3.8, 4) is 0 Å². The number of hydrogen-bond donors (Lipinski definition) is 2. The van der Waals surface area contributed by atoms with Crippen LogP contribution in [0.25, 0.3) is 0 Å². The van der Waals surface area contributed by atoms with Crippen LogP contribution in [0, 0.1) is 5.92 Å². The predicted molar refractivity (Wildman–Crippen MR) is 87.7 cm³/mol. The van der Waals surface area contributed by atoms with Gasteiger partial charge in [-0.25, -0.2) is 4.79 Å². The topological polar surface area (TPSA) is 89.9 Å². The summed E-state index contributed by atoms with van der Waals surface area (Å²) in [5.41, 5.74) is 0.835. The van der Waals surface area contributed by atoms with Crippen LogP contribution >= 0.6 is 0 Å². The molecule has 0 radical (unpaired) electrons. The van der Waals surface area contributed by atoms with E-state index < -0.39 is 12.0 Å². The SMILES string of the molecule is O=C(O)C1CCN(C(=O)NC2CCN(c3ccccc3)C2=O)CC1. The number of amides is 3. The molecule has 7 nitrogen and oxygen atoms in total. The number of nitrogens with zero attached hydrogens (tertiary/aromatic N) is 2. The van der Waals surface area contributed by atoms with Gasteiger partial charge >= 0.3 is 12.0 Å². The number of hydrogen-bond acceptors (Lipinski definition) is 3. The van der Waals surface area contributed by atoms with Crippen LogP contribution in [0.3, 0.4) is 0 Å². The van der Waals surface area contributed by atoms with Gasteiger partial charge in [0, 0.05) is 25.3 Å². The number of anilines is 1. The summed E-state index contributed by atoms with van der Waals surface area (Å²) < 4.78 is 0. The van der Waals surface area contributed by atoms with Crippen molar-refractivity contribution in [2.24, 2.45) is 5.92 Å². The summed E-state index contributed by atoms with van der Waals surface area (Å²) in [5.74, 6) is -1.29. The highest BCUT2D eigenvalue weighted by molar-refractivity contribution is 6.01. The highest BCUT2D eigenvalue weighted by Crippen LogP contribution is 2.22. The van der Waals surface area contributed by atoms with E-state index >= 15 is 0 Å². The molecule has 0 bridgehead atoms. The van der Waals surface area contributed by atoms with Gasteiger partial charge in [-0.3, -0.25) is 9.59 Å². The van der Waals surface area contributed by atoms with Crippen molar-refractivity contribution in [1.29, 1.82) is 0 Å². The van der Waals surface area contributed by atoms with Gasteiger partial charge in [-0.15, -0.1) is 0 Å². The third-order valence-electron chi connectivity index (χ3n) is 4.70. The van der Waals surface area contributed by atoms with E-state index in [2.05, 4.69) is 5.32 Å². The minimum Gasteiger partial charge on any atom is -0.481 e. The molecule has 0 aromatic heterocycles. The number of urea groups is 1. The molecular weight excluding hydrogens is 310 g/mol. The Labute approximate surface area is 140 Å². The molecule has 1 atom stereocenters. The van der Waals surface area contributed by atoms with Gasteiger partial charge in [-0.05, 0) is 31.4 Å². The molecule has 7 heteroatoms. The van der Waals surface area contributed by atoms with Crippen LogP contribution in [0.4, 0.5) is 10.5 Å². The molecule has 0 aliphatic carbocycles. The van der Waals surface area contributed by atoms with Gasteiger partial charge in [0.25, 0.3) is 0 Å². The molecule has 1 aromatic carbocycles. The van der Waals surface area contributed by atoms with E-state index in [0.717, 1.165) is 5.69 Å². The zero-order valence-corrected chi connectivity index (χ0v) is 13.4. The lowest BCUT2D eigenvalue weighted by atomic mass is 9.97. The minimum atomic E-state index is -0.806. The Bertz CT molecular complexity index is 626. The van der Waals surface area contributed by atoms with Crippen molar-refractivity contribution in [3.63, 3.8) is 0 Å². The molecule has 3 amide bonds. The smallest absolute Gasteiger partial charge is 0.318 e. The molecule has 3 rings (SSSR count). The summed E-state index contributed by atoms with van der Waals surface area (Å²) in [6, 6.07) is 8.59. The van der Waals surface area contributed by atoms with Gasteiger partial charge in [0.2, 0.25) is 5.91 Å². The first kappa shape index (κ1) is 16.3. The fourth-order valence-electron chi connectivity index (χ4n) is 3.25. The second-order valence-electron chi connectivity index (χ2n) is 6.22. The number of aliphatic carboxylic acids is 1. The molecular formula is C17H21N3O4. The number of carboxylic acids is 1. The number of benzene rings is 1. The molecule has 0 saturated carbocycles. The van der Waals surface area contributed by atoms with Crippen LogP contribution in [0.5, 0.6) is 0 Å². The number of piperidine rings is 1. The Kier molecular flexibility index (Phi) is 4.69. The largest absolute Gasteiger partial charge is 0.481 e. The van der Waals surface area contributed by atoms with Crippen LogP contribution in [-0.4, -0.2) is 53.6 Å². The second kappa shape index (κ2) is 6.90. The number of rotatable bonds is 3. The number of likely N-dealkylation sites (tertiary alicyclic amines) is 1. The predicted octanol–water partition coefficient (Wildman–Crippen LogP) is 1.30. The standard InChI is InChI=1S/C17H21N3O4/c21-15-14(8-11-20(15)13-4-2-1-3-5-13)18-17(24)19-9-6-12(7-10-19)16(22)23/h1-5,12,14H,6-11H2,(H,18,24)(H,22,23). The molecule has 0 spiro atoms. The van der Waals surface area contributed by atoms with Gasteiger partial charge in [0.1, 0.15) is 6.04 Å². The summed E-state index contributed by atoms with van der Waals surface area (Å²) >= 11 is 0. The normalized spacial score (nSPS) is 21.8. The quantitative estimate of drug-likeness (QED) is 0.873. The average molecular weight is 331 g/mol. The summed E-state index contributed by atoms with van der Waals surface area (Å²) in [7, 11) is 0. The number of para-hydroxylation sites is 1. The minimum absolute atomic E-state index is 0.102. The average Bonchev–Trinajstić information content (AvgIpc) is 2.96. The zero-order chi connectivity index (χ0) is 17.1. The van der Waals surface area contributed by atoms with Gasteiger partial charge in [0.05, 0.1) is 5.92 Å². The Hall–Kier alpha value is -2.57. The van der Waals surface area contributed by atoms with E-state index in [1.54, 1.807) is 9.80 Å². The number of carbonyl (C=O) groups excluding carboxylic acids is 2. The van der Waals surface area contributed by atoms with Crippen molar-refractivity contribution in [3.05, 3.63) is 30.3 Å². The third-order valence-corrected chi connectivity index (χ3v) is 4.70. The molecule has 2 aliphatic heterocycles. The van der Waals surface area contributed by atoms with E-state index in [1.165, 1.54) is 0 Å². The maximum Gasteiger partial charge on any atom is 0.318 e. The lowest BCUT2D eigenvalue weighted by Gasteiger charge is -2.31. The summed E-state index contributed by atoms with van der Waals surface area (Å²) in [6.45, 7) is 1.40. The van der Waals surface area contributed by atoms with Crippen LogP contribution in [-0.2, 0) is 9.59 Å². The molecule has 128 valence electrons. The highest BCUT2D eigenvalue weighted by Gasteiger charge is 2.35. The summed E-state index contributed by atoms with van der Waals surface area (Å²) in [5, 5.41) is 11.8. The number of carbonyl (C=O) groups is 3. The number of carboxylic acid groups (broad SMARTS) is 1. The molecule has 1 unspecified atom stereocenters. The highest BCUT2D eigenvalue weighted by atomic mass is 16.4.